The molecule has 0 aliphatic carbocycles. The number of hydrogen-bond acceptors (Lipinski definition) is 6. The summed E-state index contributed by atoms with van der Waals surface area (Å²) >= 11 is 0. The maximum atomic E-state index is 12.3. The number of hydrogen-bond donors (Lipinski definition) is 1. The minimum absolute atomic E-state index is 0.208. The molecule has 0 aliphatic rings. The number of anilines is 2. The first-order chi connectivity index (χ1) is 13.8. The molecule has 0 unspecified atom stereocenters. The molecule has 0 aromatic heterocycles. The molecule has 2 aromatic carbocycles. The van der Waals surface area contributed by atoms with Crippen molar-refractivity contribution in [1.29, 1.82) is 10.5 Å². The molecule has 1 amide bonds. The van der Waals surface area contributed by atoms with Gasteiger partial charge in [-0.05, 0) is 55.0 Å². The van der Waals surface area contributed by atoms with Crippen LogP contribution in [0.1, 0.15) is 18.1 Å². The molecule has 2 rings (SSSR count). The third-order valence-corrected chi connectivity index (χ3v) is 4.00. The summed E-state index contributed by atoms with van der Waals surface area (Å²) in [5.74, 6) is -1.43. The number of nitrogens with zero attached hydrogens (tertiary/aromatic N) is 3. The van der Waals surface area contributed by atoms with E-state index in [1.54, 1.807) is 36.4 Å². The van der Waals surface area contributed by atoms with Crippen LogP contribution in [0, 0.1) is 22.7 Å². The third kappa shape index (κ3) is 5.95. The van der Waals surface area contributed by atoms with E-state index < -0.39 is 18.0 Å². The summed E-state index contributed by atoms with van der Waals surface area (Å²) in [6.45, 7) is 1.41. The van der Waals surface area contributed by atoms with Gasteiger partial charge in [0.05, 0.1) is 11.6 Å². The van der Waals surface area contributed by atoms with Crippen molar-refractivity contribution in [1.82, 2.24) is 0 Å². The van der Waals surface area contributed by atoms with E-state index >= 15 is 0 Å². The van der Waals surface area contributed by atoms with E-state index in [0.29, 0.717) is 16.8 Å². The molecule has 1 atom stereocenters. The van der Waals surface area contributed by atoms with Crippen LogP contribution < -0.4 is 10.2 Å². The van der Waals surface area contributed by atoms with Crippen molar-refractivity contribution in [3.8, 4) is 12.1 Å². The van der Waals surface area contributed by atoms with Gasteiger partial charge in [0, 0.05) is 25.5 Å². The summed E-state index contributed by atoms with van der Waals surface area (Å²) in [5, 5.41) is 20.7. The molecule has 0 aliphatic heterocycles. The predicted octanol–water partition coefficient (Wildman–Crippen LogP) is 3.10. The predicted molar refractivity (Wildman–Crippen MR) is 110 cm³/mol. The Labute approximate surface area is 169 Å². The maximum absolute atomic E-state index is 12.3. The summed E-state index contributed by atoms with van der Waals surface area (Å²) in [6, 6.07) is 17.3. The summed E-state index contributed by atoms with van der Waals surface area (Å²) in [4.78, 5) is 26.4. The Morgan fingerprint density at radius 3 is 2.21 bits per heavy atom. The minimum Gasteiger partial charge on any atom is -0.448 e. The summed E-state index contributed by atoms with van der Waals surface area (Å²) in [6.07, 6.45) is 0.304. The second kappa shape index (κ2) is 9.72. The Balaban J connectivity index is 2.02. The van der Waals surface area contributed by atoms with Gasteiger partial charge in [0.2, 0.25) is 0 Å². The fourth-order valence-corrected chi connectivity index (χ4v) is 2.32. The van der Waals surface area contributed by atoms with Crippen LogP contribution in [0.25, 0.3) is 6.08 Å². The number of carbonyl (C=O) groups is 2. The van der Waals surface area contributed by atoms with Crippen LogP contribution >= 0.6 is 0 Å². The number of nitrogens with one attached hydrogen (secondary N) is 1. The van der Waals surface area contributed by atoms with Gasteiger partial charge in [-0.3, -0.25) is 4.79 Å². The second-order valence-electron chi connectivity index (χ2n) is 6.38. The van der Waals surface area contributed by atoms with E-state index in [2.05, 4.69) is 5.32 Å². The molecule has 7 heteroatoms. The van der Waals surface area contributed by atoms with Crippen molar-refractivity contribution in [2.24, 2.45) is 0 Å². The lowest BCUT2D eigenvalue weighted by Crippen LogP contribution is -2.30. The highest BCUT2D eigenvalue weighted by Gasteiger charge is 2.20. The highest BCUT2D eigenvalue weighted by Crippen LogP contribution is 2.16. The number of ether oxygens (including phenoxy) is 1. The van der Waals surface area contributed by atoms with Crippen LogP contribution in [0.4, 0.5) is 11.4 Å². The van der Waals surface area contributed by atoms with Gasteiger partial charge in [-0.1, -0.05) is 12.1 Å². The van der Waals surface area contributed by atoms with Crippen LogP contribution in [0.15, 0.2) is 54.1 Å². The van der Waals surface area contributed by atoms with Gasteiger partial charge in [-0.2, -0.15) is 10.5 Å². The van der Waals surface area contributed by atoms with E-state index in [4.69, 9.17) is 10.00 Å². The molecule has 0 saturated carbocycles. The largest absolute Gasteiger partial charge is 0.448 e. The number of carbonyl (C=O) groups excluding carboxylic acids is 2. The Kier molecular flexibility index (Phi) is 7.11. The smallest absolute Gasteiger partial charge is 0.349 e. The van der Waals surface area contributed by atoms with Crippen LogP contribution in [-0.2, 0) is 14.3 Å². The van der Waals surface area contributed by atoms with Gasteiger partial charge in [0.15, 0.2) is 6.10 Å². The molecule has 2 aromatic rings. The standard InChI is InChI=1S/C22H20N4O3/c1-15(21(27)25-19-8-4-17(13-23)5-9-19)29-22(28)18(14-24)12-16-6-10-20(11-7-16)26(2)3/h4-12,15H,1-3H3,(H,25,27)/b18-12+/t15-/m1/s1. The third-order valence-electron chi connectivity index (χ3n) is 4.00. The molecule has 29 heavy (non-hydrogen) atoms. The van der Waals surface area contributed by atoms with Gasteiger partial charge in [-0.25, -0.2) is 4.79 Å². The molecule has 7 nitrogen and oxygen atoms in total. The number of amides is 1. The van der Waals surface area contributed by atoms with E-state index in [9.17, 15) is 14.9 Å². The van der Waals surface area contributed by atoms with Crippen molar-refractivity contribution in [2.75, 3.05) is 24.3 Å². The molecule has 0 heterocycles. The number of benzene rings is 2. The van der Waals surface area contributed by atoms with E-state index in [0.717, 1.165) is 5.69 Å². The molecule has 0 bridgehead atoms. The lowest BCUT2D eigenvalue weighted by molar-refractivity contribution is -0.148. The average molecular weight is 388 g/mol. The Hall–Kier alpha value is -4.10. The van der Waals surface area contributed by atoms with Crippen molar-refractivity contribution >= 4 is 29.3 Å². The van der Waals surface area contributed by atoms with E-state index in [-0.39, 0.29) is 5.57 Å². The van der Waals surface area contributed by atoms with Crippen LogP contribution in [0.3, 0.4) is 0 Å². The molecule has 0 radical (unpaired) electrons. The lowest BCUT2D eigenvalue weighted by Gasteiger charge is -2.13. The van der Waals surface area contributed by atoms with Crippen LogP contribution in [0.2, 0.25) is 0 Å². The van der Waals surface area contributed by atoms with E-state index in [1.165, 1.54) is 13.0 Å². The van der Waals surface area contributed by atoms with Crippen molar-refractivity contribution < 1.29 is 14.3 Å². The quantitative estimate of drug-likeness (QED) is 0.463. The average Bonchev–Trinajstić information content (AvgIpc) is 2.72. The van der Waals surface area contributed by atoms with Crippen molar-refractivity contribution in [3.05, 3.63) is 65.2 Å². The first kappa shape index (κ1) is 21.2. The second-order valence-corrected chi connectivity index (χ2v) is 6.38. The number of nitriles is 2. The number of rotatable bonds is 6. The molecule has 1 N–H and O–H groups in total. The Morgan fingerprint density at radius 2 is 1.69 bits per heavy atom. The molecular weight excluding hydrogens is 368 g/mol. The molecule has 0 spiro atoms. The zero-order valence-corrected chi connectivity index (χ0v) is 16.3. The van der Waals surface area contributed by atoms with Gasteiger partial charge >= 0.3 is 5.97 Å². The Morgan fingerprint density at radius 1 is 1.07 bits per heavy atom. The summed E-state index contributed by atoms with van der Waals surface area (Å²) < 4.78 is 5.11. The van der Waals surface area contributed by atoms with Crippen molar-refractivity contribution in [2.45, 2.75) is 13.0 Å². The van der Waals surface area contributed by atoms with Gasteiger partial charge in [0.25, 0.3) is 5.91 Å². The molecule has 0 saturated heterocycles. The zero-order chi connectivity index (χ0) is 21.4. The molecular formula is C22H20N4O3. The normalized spacial score (nSPS) is 11.6. The summed E-state index contributed by atoms with van der Waals surface area (Å²) in [7, 11) is 3.82. The monoisotopic (exact) mass is 388 g/mol. The fraction of sp³-hybridized carbons (Fsp3) is 0.182. The van der Waals surface area contributed by atoms with Crippen LogP contribution in [-0.4, -0.2) is 32.1 Å². The number of esters is 1. The van der Waals surface area contributed by atoms with Gasteiger partial charge in [0.1, 0.15) is 11.6 Å². The first-order valence-corrected chi connectivity index (χ1v) is 8.75. The SMILES string of the molecule is C[C@@H](OC(=O)/C(C#N)=C/c1ccc(N(C)C)cc1)C(=O)Nc1ccc(C#N)cc1. The minimum atomic E-state index is -1.11. The maximum Gasteiger partial charge on any atom is 0.349 e. The fourth-order valence-electron chi connectivity index (χ4n) is 2.32. The lowest BCUT2D eigenvalue weighted by atomic mass is 10.1. The van der Waals surface area contributed by atoms with Gasteiger partial charge < -0.3 is 15.0 Å². The summed E-state index contributed by atoms with van der Waals surface area (Å²) in [5.41, 5.74) is 2.37. The topological polar surface area (TPSA) is 106 Å². The first-order valence-electron chi connectivity index (χ1n) is 8.75. The van der Waals surface area contributed by atoms with E-state index in [1.807, 2.05) is 43.3 Å². The highest BCUT2D eigenvalue weighted by atomic mass is 16.5. The Bertz CT molecular complexity index is 994. The van der Waals surface area contributed by atoms with Crippen LogP contribution in [0.5, 0.6) is 0 Å². The van der Waals surface area contributed by atoms with Gasteiger partial charge in [-0.15, -0.1) is 0 Å². The molecule has 146 valence electrons. The zero-order valence-electron chi connectivity index (χ0n) is 16.3. The van der Waals surface area contributed by atoms with Crippen molar-refractivity contribution in [3.63, 3.8) is 0 Å². The molecule has 0 fully saturated rings. The highest BCUT2D eigenvalue weighted by molar-refractivity contribution is 6.01.